The average molecular weight is 611 g/mol. The molecule has 2 atom stereocenters. The minimum absolute atomic E-state index is 0.0515. The molecule has 1 saturated heterocycles. The van der Waals surface area contributed by atoms with Crippen molar-refractivity contribution in [2.24, 2.45) is 7.05 Å². The van der Waals surface area contributed by atoms with Crippen LogP contribution in [0.2, 0.25) is 0 Å². The number of guanidine groups is 1. The van der Waals surface area contributed by atoms with E-state index in [-0.39, 0.29) is 28.5 Å². The summed E-state index contributed by atoms with van der Waals surface area (Å²) < 4.78 is 85.8. The maximum absolute atomic E-state index is 15.4. The normalized spacial score (nSPS) is 20.6. The lowest BCUT2D eigenvalue weighted by Crippen LogP contribution is -2.68. The molecule has 1 aliphatic heterocycles. The van der Waals surface area contributed by atoms with E-state index in [9.17, 15) is 26.0 Å². The van der Waals surface area contributed by atoms with Gasteiger partial charge in [0.25, 0.3) is 15.9 Å². The lowest BCUT2D eigenvalue weighted by molar-refractivity contribution is 0.102. The zero-order chi connectivity index (χ0) is 30.3. The highest BCUT2D eigenvalue weighted by atomic mass is 32.2. The van der Waals surface area contributed by atoms with E-state index >= 15 is 4.39 Å². The van der Waals surface area contributed by atoms with Crippen LogP contribution < -0.4 is 10.6 Å². The number of carbonyl (C=O) groups excluding carboxylic acids is 1. The number of aryl methyl sites for hydroxylation is 1. The van der Waals surface area contributed by atoms with Crippen LogP contribution in [-0.4, -0.2) is 77.2 Å². The fourth-order valence-corrected chi connectivity index (χ4v) is 7.84. The van der Waals surface area contributed by atoms with Gasteiger partial charge in [-0.1, -0.05) is 6.92 Å². The monoisotopic (exact) mass is 610 g/mol. The topological polar surface area (TPSA) is 170 Å². The Balaban J connectivity index is 1.77. The molecule has 4 rings (SSSR count). The van der Waals surface area contributed by atoms with Crippen molar-refractivity contribution in [3.63, 3.8) is 0 Å². The van der Waals surface area contributed by atoms with Gasteiger partial charge in [-0.3, -0.25) is 10.2 Å². The molecule has 17 heteroatoms. The van der Waals surface area contributed by atoms with Gasteiger partial charge in [-0.05, 0) is 37.3 Å². The number of imidazole rings is 1. The Morgan fingerprint density at radius 3 is 2.51 bits per heavy atom. The van der Waals surface area contributed by atoms with E-state index in [2.05, 4.69) is 20.6 Å². The van der Waals surface area contributed by atoms with Gasteiger partial charge >= 0.3 is 0 Å². The Hall–Kier alpha value is -3.96. The van der Waals surface area contributed by atoms with E-state index in [0.717, 1.165) is 35.7 Å². The third kappa shape index (κ3) is 5.51. The van der Waals surface area contributed by atoms with Crippen LogP contribution in [0.5, 0.6) is 0 Å². The summed E-state index contributed by atoms with van der Waals surface area (Å²) in [6, 6.07) is 5.62. The number of rotatable bonds is 8. The molecule has 0 bridgehead atoms. The van der Waals surface area contributed by atoms with Crippen molar-refractivity contribution in [1.82, 2.24) is 28.5 Å². The lowest BCUT2D eigenvalue weighted by atomic mass is 9.87. The number of aromatic nitrogens is 3. The summed E-state index contributed by atoms with van der Waals surface area (Å²) in [5, 5.41) is 11.6. The first-order valence-corrected chi connectivity index (χ1v) is 15.1. The molecule has 3 heterocycles. The molecule has 0 spiro atoms. The molecule has 0 unspecified atom stereocenters. The van der Waals surface area contributed by atoms with Gasteiger partial charge in [0.05, 0.1) is 18.1 Å². The molecule has 1 fully saturated rings. The molecule has 0 saturated carbocycles. The van der Waals surface area contributed by atoms with E-state index in [0.29, 0.717) is 4.31 Å². The van der Waals surface area contributed by atoms with Crippen molar-refractivity contribution in [1.29, 1.82) is 5.41 Å². The molecule has 41 heavy (non-hydrogen) atoms. The third-order valence-corrected chi connectivity index (χ3v) is 10.9. The van der Waals surface area contributed by atoms with Crippen molar-refractivity contribution in [3.05, 3.63) is 71.9 Å². The summed E-state index contributed by atoms with van der Waals surface area (Å²) in [5.74, 6) is -2.82. The van der Waals surface area contributed by atoms with Crippen LogP contribution in [0.25, 0.3) is 0 Å². The summed E-state index contributed by atoms with van der Waals surface area (Å²) in [7, 11) is -5.98. The fraction of sp³-hybridized carbons (Fsp3) is 0.333. The van der Waals surface area contributed by atoms with Gasteiger partial charge < -0.3 is 15.2 Å². The van der Waals surface area contributed by atoms with E-state index < -0.39 is 60.9 Å². The van der Waals surface area contributed by atoms with Gasteiger partial charge in [-0.2, -0.15) is 4.31 Å². The Labute approximate surface area is 235 Å². The molecule has 3 N–H and O–H groups in total. The largest absolute Gasteiger partial charge is 0.345 e. The maximum Gasteiger partial charge on any atom is 0.274 e. The van der Waals surface area contributed by atoms with Gasteiger partial charge in [0.1, 0.15) is 22.6 Å². The van der Waals surface area contributed by atoms with Gasteiger partial charge in [-0.15, -0.1) is 0 Å². The highest BCUT2D eigenvalue weighted by molar-refractivity contribution is 7.90. The zero-order valence-electron chi connectivity index (χ0n) is 22.5. The van der Waals surface area contributed by atoms with Gasteiger partial charge in [0.15, 0.2) is 5.03 Å². The van der Waals surface area contributed by atoms with Crippen LogP contribution in [0.3, 0.4) is 0 Å². The van der Waals surface area contributed by atoms with E-state index in [1.54, 1.807) is 7.05 Å². The standard InChI is InChI=1S/C24H28F2N8O5S2/c1-5-34(41(38,39)21-13-32(3)14-29-21)12-20-24(2,31-23(27)33(4)40(20,36)37)17-10-16(7-8-18(17)26)30-22(35)19-9-6-15(25)11-28-19/h6-11,13-14,20H,5,12H2,1-4H3,(H2,27,31)(H,30,35)/t20-,24+/m0/s1. The van der Waals surface area contributed by atoms with Crippen molar-refractivity contribution in [3.8, 4) is 0 Å². The number of amides is 1. The zero-order valence-corrected chi connectivity index (χ0v) is 24.1. The number of carbonyl (C=O) groups is 1. The smallest absolute Gasteiger partial charge is 0.274 e. The van der Waals surface area contributed by atoms with Crippen LogP contribution in [0.1, 0.15) is 29.9 Å². The third-order valence-electron chi connectivity index (χ3n) is 6.83. The molecule has 0 aliphatic carbocycles. The van der Waals surface area contributed by atoms with Gasteiger partial charge in [0.2, 0.25) is 16.0 Å². The lowest BCUT2D eigenvalue weighted by Gasteiger charge is -2.47. The van der Waals surface area contributed by atoms with Crippen molar-refractivity contribution in [2.45, 2.75) is 29.7 Å². The second kappa shape index (κ2) is 10.8. The Morgan fingerprint density at radius 2 is 1.93 bits per heavy atom. The van der Waals surface area contributed by atoms with Crippen molar-refractivity contribution >= 4 is 37.6 Å². The number of sulfonamides is 2. The number of nitrogens with zero attached hydrogens (tertiary/aromatic N) is 5. The summed E-state index contributed by atoms with van der Waals surface area (Å²) in [6.45, 7) is 2.11. The molecule has 3 aromatic rings. The van der Waals surface area contributed by atoms with Crippen LogP contribution >= 0.6 is 0 Å². The van der Waals surface area contributed by atoms with Crippen molar-refractivity contribution < 1.29 is 30.4 Å². The number of halogens is 2. The van der Waals surface area contributed by atoms with Crippen LogP contribution in [0, 0.1) is 17.0 Å². The molecule has 0 radical (unpaired) electrons. The number of pyridine rings is 1. The number of anilines is 1. The summed E-state index contributed by atoms with van der Waals surface area (Å²) in [4.78, 5) is 20.2. The highest BCUT2D eigenvalue weighted by Crippen LogP contribution is 2.38. The summed E-state index contributed by atoms with van der Waals surface area (Å²) in [5.41, 5.74) is -2.20. The predicted octanol–water partition coefficient (Wildman–Crippen LogP) is 1.44. The quantitative estimate of drug-likeness (QED) is 0.344. The highest BCUT2D eigenvalue weighted by Gasteiger charge is 2.54. The van der Waals surface area contributed by atoms with Crippen LogP contribution in [0.4, 0.5) is 14.5 Å². The second-order valence-corrected chi connectivity index (χ2v) is 13.6. The molecule has 13 nitrogen and oxygen atoms in total. The number of hydrogen-bond acceptors (Lipinski definition) is 8. The fourth-order valence-electron chi connectivity index (χ4n) is 4.48. The van der Waals surface area contributed by atoms with Gasteiger partial charge in [-0.25, -0.2) is 39.9 Å². The molecule has 1 aliphatic rings. The summed E-state index contributed by atoms with van der Waals surface area (Å²) >= 11 is 0. The number of nitrogens with one attached hydrogen (secondary N) is 3. The average Bonchev–Trinajstić information content (AvgIpc) is 3.36. The predicted molar refractivity (Wildman–Crippen MR) is 145 cm³/mol. The number of benzene rings is 1. The molecule has 2 aromatic heterocycles. The molecular formula is C24H28F2N8O5S2. The van der Waals surface area contributed by atoms with E-state index in [4.69, 9.17) is 5.41 Å². The Morgan fingerprint density at radius 1 is 1.22 bits per heavy atom. The molecule has 220 valence electrons. The minimum Gasteiger partial charge on any atom is -0.345 e. The van der Waals surface area contributed by atoms with Crippen molar-refractivity contribution in [2.75, 3.05) is 25.5 Å². The van der Waals surface area contributed by atoms with Gasteiger partial charge in [0, 0.05) is 44.6 Å². The first kappa shape index (κ1) is 30.0. The first-order chi connectivity index (χ1) is 19.1. The maximum atomic E-state index is 15.4. The molecule has 1 amide bonds. The van der Waals surface area contributed by atoms with E-state index in [1.807, 2.05) is 0 Å². The Bertz CT molecular complexity index is 1710. The van der Waals surface area contributed by atoms with Crippen LogP contribution in [0.15, 0.2) is 54.1 Å². The number of hydrogen-bond donors (Lipinski definition) is 3. The second-order valence-electron chi connectivity index (χ2n) is 9.52. The first-order valence-electron chi connectivity index (χ1n) is 12.2. The summed E-state index contributed by atoms with van der Waals surface area (Å²) in [6.07, 6.45) is 3.41. The SMILES string of the molecule is CCN(C[C@H]1[C@@](C)(c2cc(NC(=O)c3ccc(F)cn3)ccc2F)NC(=N)N(C)S1(=O)=O)S(=O)(=O)c1cn(C)cn1. The molecule has 1 aromatic carbocycles. The van der Waals surface area contributed by atoms with Crippen LogP contribution in [-0.2, 0) is 32.6 Å². The molecular weight excluding hydrogens is 582 g/mol. The van der Waals surface area contributed by atoms with E-state index in [1.165, 1.54) is 43.1 Å². The minimum atomic E-state index is -4.43. The Kier molecular flexibility index (Phi) is 7.90.